The summed E-state index contributed by atoms with van der Waals surface area (Å²) in [5, 5.41) is 13.6. The van der Waals surface area contributed by atoms with Crippen molar-refractivity contribution in [1.29, 1.82) is 0 Å². The van der Waals surface area contributed by atoms with Crippen LogP contribution in [0.5, 0.6) is 0 Å². The number of hydrogen-bond acceptors (Lipinski definition) is 3. The maximum Gasteiger partial charge on any atom is 0.291 e. The van der Waals surface area contributed by atoms with Gasteiger partial charge in [0.2, 0.25) is 0 Å². The van der Waals surface area contributed by atoms with Gasteiger partial charge in [0.25, 0.3) is 5.09 Å². The van der Waals surface area contributed by atoms with Gasteiger partial charge in [0.15, 0.2) is 0 Å². The molecule has 1 unspecified atom stereocenters. The average molecular weight is 292 g/mol. The van der Waals surface area contributed by atoms with Gasteiger partial charge < -0.3 is 10.1 Å². The van der Waals surface area contributed by atoms with Crippen LogP contribution in [0.2, 0.25) is 0 Å². The molecule has 5 heteroatoms. The van der Waals surface area contributed by atoms with Crippen LogP contribution in [0.25, 0.3) is 0 Å². The molecule has 116 valence electrons. The van der Waals surface area contributed by atoms with Crippen molar-refractivity contribution in [3.05, 3.63) is 46.0 Å². The minimum Gasteiger partial charge on any atom is -0.328 e. The van der Waals surface area contributed by atoms with E-state index in [2.05, 4.69) is 35.2 Å². The molecule has 3 saturated heterocycles. The quantitative estimate of drug-likeness (QED) is 0.684. The van der Waals surface area contributed by atoms with Gasteiger partial charge in [-0.3, -0.25) is 0 Å². The molecule has 3 fully saturated rings. The fourth-order valence-electron chi connectivity index (χ4n) is 3.57. The molecule has 0 spiro atoms. The first-order chi connectivity index (χ1) is 10.1. The van der Waals surface area contributed by atoms with E-state index in [4.69, 9.17) is 15.3 Å². The molecule has 3 aliphatic rings. The fraction of sp³-hybridized carbons (Fsp3) is 0.625. The maximum absolute atomic E-state index is 8.36. The van der Waals surface area contributed by atoms with Gasteiger partial charge >= 0.3 is 0 Å². The summed E-state index contributed by atoms with van der Waals surface area (Å²) in [6.45, 7) is 2.75. The highest BCUT2D eigenvalue weighted by atomic mass is 16.9. The number of benzene rings is 1. The van der Waals surface area contributed by atoms with E-state index < -0.39 is 5.09 Å². The van der Waals surface area contributed by atoms with E-state index in [1.807, 2.05) is 0 Å². The lowest BCUT2D eigenvalue weighted by molar-refractivity contribution is -0.742. The molecular weight excluding hydrogens is 268 g/mol. The highest BCUT2D eigenvalue weighted by Crippen LogP contribution is 2.33. The Labute approximate surface area is 125 Å². The third-order valence-electron chi connectivity index (χ3n) is 4.62. The third-order valence-corrected chi connectivity index (χ3v) is 4.62. The highest BCUT2D eigenvalue weighted by molar-refractivity contribution is 5.14. The summed E-state index contributed by atoms with van der Waals surface area (Å²) in [7, 11) is 0. The first-order valence-electron chi connectivity index (χ1n) is 7.76. The van der Waals surface area contributed by atoms with E-state index in [1.165, 1.54) is 57.2 Å². The van der Waals surface area contributed by atoms with E-state index in [0.717, 1.165) is 12.0 Å². The number of rotatable bonds is 4. The van der Waals surface area contributed by atoms with Crippen LogP contribution in [0.3, 0.4) is 0 Å². The van der Waals surface area contributed by atoms with Crippen LogP contribution in [0.15, 0.2) is 30.3 Å². The molecule has 1 aromatic rings. The standard InChI is InChI=1S/C16H23N.HNO3/c1-2-5-14(6-3-1)7-4-8-16-13-15-9-11-17(16)12-10-15;2-1(3)4/h1-3,5-6,15-16H,4,7-13H2;(H,2,3,4). The summed E-state index contributed by atoms with van der Waals surface area (Å²) in [4.78, 5) is 11.1. The predicted molar refractivity (Wildman–Crippen MR) is 80.9 cm³/mol. The normalized spacial score (nSPS) is 26.8. The van der Waals surface area contributed by atoms with E-state index >= 15 is 0 Å². The Hall–Kier alpha value is -1.62. The van der Waals surface area contributed by atoms with Crippen molar-refractivity contribution in [1.82, 2.24) is 4.90 Å². The molecule has 0 radical (unpaired) electrons. The number of nitrogens with zero attached hydrogens (tertiary/aromatic N) is 2. The van der Waals surface area contributed by atoms with Gasteiger partial charge in [0.1, 0.15) is 0 Å². The minimum absolute atomic E-state index is 0.909. The Morgan fingerprint density at radius 3 is 2.38 bits per heavy atom. The van der Waals surface area contributed by atoms with Crippen LogP contribution in [0, 0.1) is 16.0 Å². The maximum atomic E-state index is 8.36. The smallest absolute Gasteiger partial charge is 0.291 e. The van der Waals surface area contributed by atoms with Crippen molar-refractivity contribution in [3.63, 3.8) is 0 Å². The van der Waals surface area contributed by atoms with Crippen molar-refractivity contribution in [2.75, 3.05) is 13.1 Å². The zero-order valence-corrected chi connectivity index (χ0v) is 12.4. The Bertz CT molecular complexity index is 426. The molecular formula is C16H24N2O3. The molecule has 5 nitrogen and oxygen atoms in total. The molecule has 0 aliphatic carbocycles. The van der Waals surface area contributed by atoms with Gasteiger partial charge in [0.05, 0.1) is 0 Å². The second-order valence-corrected chi connectivity index (χ2v) is 5.98. The molecule has 1 N–H and O–H groups in total. The highest BCUT2D eigenvalue weighted by Gasteiger charge is 2.32. The van der Waals surface area contributed by atoms with Crippen LogP contribution in [-0.2, 0) is 6.42 Å². The van der Waals surface area contributed by atoms with Crippen LogP contribution < -0.4 is 0 Å². The van der Waals surface area contributed by atoms with E-state index in [-0.39, 0.29) is 0 Å². The molecule has 21 heavy (non-hydrogen) atoms. The van der Waals surface area contributed by atoms with Crippen molar-refractivity contribution in [3.8, 4) is 0 Å². The van der Waals surface area contributed by atoms with Crippen molar-refractivity contribution < 1.29 is 10.3 Å². The van der Waals surface area contributed by atoms with E-state index in [0.29, 0.717) is 0 Å². The van der Waals surface area contributed by atoms with E-state index in [9.17, 15) is 0 Å². The predicted octanol–water partition coefficient (Wildman–Crippen LogP) is 3.15. The molecule has 3 heterocycles. The van der Waals surface area contributed by atoms with Crippen molar-refractivity contribution in [2.45, 2.75) is 44.6 Å². The van der Waals surface area contributed by atoms with Crippen molar-refractivity contribution >= 4 is 0 Å². The van der Waals surface area contributed by atoms with Crippen LogP contribution in [0.1, 0.15) is 37.7 Å². The Kier molecular flexibility index (Phi) is 5.99. The number of piperidine rings is 3. The van der Waals surface area contributed by atoms with Gasteiger partial charge in [-0.15, -0.1) is 10.1 Å². The van der Waals surface area contributed by atoms with Crippen LogP contribution in [0.4, 0.5) is 0 Å². The molecule has 3 aliphatic heterocycles. The largest absolute Gasteiger partial charge is 0.328 e. The third kappa shape index (κ3) is 5.34. The Balaban J connectivity index is 0.000000361. The molecule has 4 rings (SSSR count). The summed E-state index contributed by atoms with van der Waals surface area (Å²) in [5.74, 6) is 1.06. The average Bonchev–Trinajstić information content (AvgIpc) is 2.49. The lowest BCUT2D eigenvalue weighted by atomic mass is 9.81. The first-order valence-corrected chi connectivity index (χ1v) is 7.76. The van der Waals surface area contributed by atoms with Gasteiger partial charge in [0, 0.05) is 6.04 Å². The lowest BCUT2D eigenvalue weighted by Crippen LogP contribution is -2.48. The zero-order chi connectivity index (χ0) is 15.1. The summed E-state index contributed by atoms with van der Waals surface area (Å²) in [6.07, 6.45) is 8.44. The Morgan fingerprint density at radius 2 is 1.86 bits per heavy atom. The van der Waals surface area contributed by atoms with Crippen LogP contribution >= 0.6 is 0 Å². The Morgan fingerprint density at radius 1 is 1.24 bits per heavy atom. The zero-order valence-electron chi connectivity index (χ0n) is 12.4. The number of hydrogen-bond donors (Lipinski definition) is 1. The molecule has 0 saturated carbocycles. The number of aryl methyl sites for hydroxylation is 1. The second-order valence-electron chi connectivity index (χ2n) is 5.98. The topological polar surface area (TPSA) is 66.6 Å². The van der Waals surface area contributed by atoms with Crippen LogP contribution in [-0.4, -0.2) is 34.3 Å². The van der Waals surface area contributed by atoms with Gasteiger partial charge in [-0.1, -0.05) is 30.3 Å². The summed E-state index contributed by atoms with van der Waals surface area (Å²) in [5.41, 5.74) is 1.50. The van der Waals surface area contributed by atoms with Gasteiger partial charge in [-0.25, -0.2) is 0 Å². The molecule has 0 aromatic heterocycles. The molecule has 1 atom stereocenters. The summed E-state index contributed by atoms with van der Waals surface area (Å²) >= 11 is 0. The van der Waals surface area contributed by atoms with Gasteiger partial charge in [-0.05, 0) is 63.1 Å². The van der Waals surface area contributed by atoms with Gasteiger partial charge in [-0.2, -0.15) is 0 Å². The second kappa shape index (κ2) is 7.98. The first kappa shape index (κ1) is 15.8. The molecule has 0 amide bonds. The molecule has 2 bridgehead atoms. The lowest BCUT2D eigenvalue weighted by Gasteiger charge is -2.45. The van der Waals surface area contributed by atoms with E-state index in [1.54, 1.807) is 0 Å². The van der Waals surface area contributed by atoms with Crippen molar-refractivity contribution in [2.24, 2.45) is 5.92 Å². The number of fused-ring (bicyclic) bond motifs is 3. The molecule has 1 aromatic carbocycles. The summed E-state index contributed by atoms with van der Waals surface area (Å²) < 4.78 is 0. The fourth-order valence-corrected chi connectivity index (χ4v) is 3.57. The summed E-state index contributed by atoms with van der Waals surface area (Å²) in [6, 6.07) is 11.8. The minimum atomic E-state index is -1.50. The SMILES string of the molecule is O=[N+]([O-])O.c1ccc(CCCC2CC3CCN2CC3)cc1. The monoisotopic (exact) mass is 292 g/mol.